The molecule has 96 valence electrons. The van der Waals surface area contributed by atoms with E-state index in [1.165, 1.54) is 10.8 Å². The second-order valence-electron chi connectivity index (χ2n) is 5.01. The standard InChI is InChI=1S/C16H10BClO2/c18-14-8-10(17(19)20)7-13-11-5-1-3-9-4-2-6-12(15(9)11)16(13)14/h1-8,19-20H. The average molecular weight is 281 g/mol. The van der Waals surface area contributed by atoms with Gasteiger partial charge in [-0.25, -0.2) is 0 Å². The lowest BCUT2D eigenvalue weighted by Crippen LogP contribution is -2.29. The van der Waals surface area contributed by atoms with Crippen molar-refractivity contribution in [2.45, 2.75) is 0 Å². The van der Waals surface area contributed by atoms with Crippen LogP contribution in [-0.2, 0) is 0 Å². The molecule has 0 spiro atoms. The molecule has 4 rings (SSSR count). The second kappa shape index (κ2) is 4.09. The summed E-state index contributed by atoms with van der Waals surface area (Å²) < 4.78 is 0. The van der Waals surface area contributed by atoms with Gasteiger partial charge in [-0.2, -0.15) is 0 Å². The third-order valence-electron chi connectivity index (χ3n) is 3.87. The van der Waals surface area contributed by atoms with Crippen molar-refractivity contribution in [3.05, 3.63) is 53.6 Å². The lowest BCUT2D eigenvalue weighted by atomic mass is 9.78. The van der Waals surface area contributed by atoms with E-state index < -0.39 is 7.12 Å². The molecule has 0 radical (unpaired) electrons. The fraction of sp³-hybridized carbons (Fsp3) is 0. The van der Waals surface area contributed by atoms with Crippen LogP contribution in [0, 0.1) is 0 Å². The summed E-state index contributed by atoms with van der Waals surface area (Å²) >= 11 is 6.37. The number of hydrogen-bond acceptors (Lipinski definition) is 2. The first-order valence-electron chi connectivity index (χ1n) is 6.39. The highest BCUT2D eigenvalue weighted by Crippen LogP contribution is 2.49. The SMILES string of the molecule is OB(O)c1cc(Cl)c2c(c1)-c1cccc3cccc-2c13. The summed E-state index contributed by atoms with van der Waals surface area (Å²) in [6, 6.07) is 15.7. The van der Waals surface area contributed by atoms with Crippen LogP contribution in [0.4, 0.5) is 0 Å². The van der Waals surface area contributed by atoms with Crippen molar-refractivity contribution >= 4 is 35.0 Å². The summed E-state index contributed by atoms with van der Waals surface area (Å²) in [4.78, 5) is 0. The van der Waals surface area contributed by atoms with Gasteiger partial charge in [0.2, 0.25) is 0 Å². The topological polar surface area (TPSA) is 40.5 Å². The predicted octanol–water partition coefficient (Wildman–Crippen LogP) is 2.82. The first kappa shape index (κ1) is 12.0. The van der Waals surface area contributed by atoms with E-state index >= 15 is 0 Å². The molecule has 0 aliphatic heterocycles. The number of fused-ring (bicyclic) bond motifs is 3. The molecule has 0 aromatic heterocycles. The molecule has 0 heterocycles. The molecular weight excluding hydrogens is 270 g/mol. The molecule has 0 fully saturated rings. The third kappa shape index (κ3) is 1.48. The third-order valence-corrected chi connectivity index (χ3v) is 4.17. The van der Waals surface area contributed by atoms with Gasteiger partial charge in [-0.1, -0.05) is 54.1 Å². The Morgan fingerprint density at radius 2 is 1.55 bits per heavy atom. The Hall–Kier alpha value is -1.81. The fourth-order valence-corrected chi connectivity index (χ4v) is 3.37. The Labute approximate surface area is 121 Å². The zero-order valence-corrected chi connectivity index (χ0v) is 11.2. The van der Waals surface area contributed by atoms with Gasteiger partial charge in [0.1, 0.15) is 0 Å². The van der Waals surface area contributed by atoms with E-state index in [4.69, 9.17) is 11.6 Å². The first-order chi connectivity index (χ1) is 9.66. The molecule has 3 aromatic carbocycles. The normalized spacial score (nSPS) is 11.8. The Morgan fingerprint density at radius 1 is 0.850 bits per heavy atom. The molecule has 2 nitrogen and oxygen atoms in total. The van der Waals surface area contributed by atoms with Crippen LogP contribution in [0.15, 0.2) is 48.5 Å². The van der Waals surface area contributed by atoms with Crippen molar-refractivity contribution in [1.29, 1.82) is 0 Å². The minimum Gasteiger partial charge on any atom is -0.423 e. The lowest BCUT2D eigenvalue weighted by molar-refractivity contribution is 0.426. The Balaban J connectivity index is 2.16. The largest absolute Gasteiger partial charge is 0.488 e. The summed E-state index contributed by atoms with van der Waals surface area (Å²) in [5.41, 5.74) is 4.56. The summed E-state index contributed by atoms with van der Waals surface area (Å²) in [5.74, 6) is 0. The van der Waals surface area contributed by atoms with Crippen LogP contribution in [0.5, 0.6) is 0 Å². The highest BCUT2D eigenvalue weighted by atomic mass is 35.5. The molecule has 1 aliphatic carbocycles. The molecule has 0 atom stereocenters. The maximum atomic E-state index is 9.39. The highest BCUT2D eigenvalue weighted by Gasteiger charge is 2.25. The number of benzene rings is 3. The van der Waals surface area contributed by atoms with Crippen molar-refractivity contribution in [2.75, 3.05) is 0 Å². The lowest BCUT2D eigenvalue weighted by Gasteiger charge is -2.08. The average Bonchev–Trinajstić information content (AvgIpc) is 2.77. The summed E-state index contributed by atoms with van der Waals surface area (Å²) in [6.45, 7) is 0. The van der Waals surface area contributed by atoms with Crippen molar-refractivity contribution in [1.82, 2.24) is 0 Å². The number of rotatable bonds is 1. The molecule has 2 N–H and O–H groups in total. The van der Waals surface area contributed by atoms with Crippen molar-refractivity contribution in [2.24, 2.45) is 0 Å². The maximum Gasteiger partial charge on any atom is 0.488 e. The number of hydrogen-bond donors (Lipinski definition) is 2. The molecule has 1 aliphatic rings. The van der Waals surface area contributed by atoms with Gasteiger partial charge in [-0.15, -0.1) is 0 Å². The molecule has 4 heteroatoms. The molecule has 0 saturated carbocycles. The van der Waals surface area contributed by atoms with E-state index in [1.54, 1.807) is 12.1 Å². The van der Waals surface area contributed by atoms with Crippen LogP contribution < -0.4 is 5.46 Å². The monoisotopic (exact) mass is 280 g/mol. The van der Waals surface area contributed by atoms with Gasteiger partial charge in [-0.3, -0.25) is 0 Å². The van der Waals surface area contributed by atoms with Gasteiger partial charge in [0.15, 0.2) is 0 Å². The van der Waals surface area contributed by atoms with Gasteiger partial charge in [0.05, 0.1) is 0 Å². The minimum absolute atomic E-state index is 0.415. The smallest absolute Gasteiger partial charge is 0.423 e. The first-order valence-corrected chi connectivity index (χ1v) is 6.76. The molecule has 3 aromatic rings. The Morgan fingerprint density at radius 3 is 2.25 bits per heavy atom. The molecular formula is C16H10BClO2. The van der Waals surface area contributed by atoms with Gasteiger partial charge in [-0.05, 0) is 39.0 Å². The van der Waals surface area contributed by atoms with Crippen LogP contribution in [-0.4, -0.2) is 17.2 Å². The Bertz CT molecular complexity index is 853. The van der Waals surface area contributed by atoms with Crippen LogP contribution >= 0.6 is 11.6 Å². The van der Waals surface area contributed by atoms with E-state index in [0.29, 0.717) is 10.5 Å². The quantitative estimate of drug-likeness (QED) is 0.526. The van der Waals surface area contributed by atoms with E-state index in [-0.39, 0.29) is 0 Å². The second-order valence-corrected chi connectivity index (χ2v) is 5.42. The highest BCUT2D eigenvalue weighted by molar-refractivity contribution is 6.59. The van der Waals surface area contributed by atoms with Gasteiger partial charge in [0.25, 0.3) is 0 Å². The van der Waals surface area contributed by atoms with Crippen molar-refractivity contribution in [3.63, 3.8) is 0 Å². The zero-order valence-electron chi connectivity index (χ0n) is 10.5. The molecule has 0 amide bonds. The predicted molar refractivity (Wildman–Crippen MR) is 83.2 cm³/mol. The van der Waals surface area contributed by atoms with Crippen LogP contribution in [0.2, 0.25) is 5.02 Å². The molecule has 0 saturated heterocycles. The van der Waals surface area contributed by atoms with E-state index in [9.17, 15) is 10.0 Å². The van der Waals surface area contributed by atoms with E-state index in [1.807, 2.05) is 18.2 Å². The van der Waals surface area contributed by atoms with Crippen molar-refractivity contribution < 1.29 is 10.0 Å². The van der Waals surface area contributed by atoms with Crippen LogP contribution in [0.1, 0.15) is 0 Å². The van der Waals surface area contributed by atoms with Crippen LogP contribution in [0.3, 0.4) is 0 Å². The number of halogens is 1. The van der Waals surface area contributed by atoms with Gasteiger partial charge in [0, 0.05) is 10.6 Å². The van der Waals surface area contributed by atoms with E-state index in [0.717, 1.165) is 22.3 Å². The maximum absolute atomic E-state index is 9.39. The van der Waals surface area contributed by atoms with Crippen LogP contribution in [0.25, 0.3) is 33.0 Å². The minimum atomic E-state index is -1.51. The van der Waals surface area contributed by atoms with E-state index in [2.05, 4.69) is 18.2 Å². The molecule has 0 bridgehead atoms. The zero-order chi connectivity index (χ0) is 13.9. The Kier molecular flexibility index (Phi) is 2.45. The fourth-order valence-electron chi connectivity index (χ4n) is 3.04. The van der Waals surface area contributed by atoms with Crippen molar-refractivity contribution in [3.8, 4) is 22.3 Å². The summed E-state index contributed by atoms with van der Waals surface area (Å²) in [5, 5.41) is 21.7. The van der Waals surface area contributed by atoms with Gasteiger partial charge >= 0.3 is 7.12 Å². The summed E-state index contributed by atoms with van der Waals surface area (Å²) in [6.07, 6.45) is 0. The molecule has 20 heavy (non-hydrogen) atoms. The van der Waals surface area contributed by atoms with Gasteiger partial charge < -0.3 is 10.0 Å². The summed E-state index contributed by atoms with van der Waals surface area (Å²) in [7, 11) is -1.51. The molecule has 0 unspecified atom stereocenters.